The van der Waals surface area contributed by atoms with Gasteiger partial charge < -0.3 is 25.6 Å². The summed E-state index contributed by atoms with van der Waals surface area (Å²) in [6.45, 7) is 3.61. The van der Waals surface area contributed by atoms with Crippen LogP contribution < -0.4 is 16.0 Å². The first-order valence-corrected chi connectivity index (χ1v) is 11.4. The molecule has 2 aliphatic heterocycles. The zero-order valence-corrected chi connectivity index (χ0v) is 18.9. The maximum atomic E-state index is 14.5. The number of nitrogens with one attached hydrogen (secondary N) is 1. The Morgan fingerprint density at radius 2 is 1.94 bits per heavy atom. The zero-order valence-electron chi connectivity index (χ0n) is 18.9. The van der Waals surface area contributed by atoms with Gasteiger partial charge in [0.1, 0.15) is 5.82 Å². The molecule has 0 radical (unpaired) electrons. The van der Waals surface area contributed by atoms with Crippen molar-refractivity contribution >= 4 is 33.9 Å². The van der Waals surface area contributed by atoms with Gasteiger partial charge in [-0.15, -0.1) is 0 Å². The number of nitrogen functional groups attached to an aromatic ring is 1. The van der Waals surface area contributed by atoms with Gasteiger partial charge in [0.25, 0.3) is 6.43 Å². The van der Waals surface area contributed by atoms with Gasteiger partial charge in [0.2, 0.25) is 5.91 Å². The van der Waals surface area contributed by atoms with Gasteiger partial charge in [0.15, 0.2) is 0 Å². The summed E-state index contributed by atoms with van der Waals surface area (Å²) in [6, 6.07) is 8.05. The zero-order chi connectivity index (χ0) is 24.5. The number of nitrogens with two attached hydrogens (primary N) is 1. The number of hydrogen-bond acceptors (Lipinski definition) is 7. The summed E-state index contributed by atoms with van der Waals surface area (Å²) >= 11 is 0. The lowest BCUT2D eigenvalue weighted by molar-refractivity contribution is -0.150. The first-order chi connectivity index (χ1) is 16.9. The van der Waals surface area contributed by atoms with E-state index in [4.69, 9.17) is 10.5 Å². The van der Waals surface area contributed by atoms with E-state index in [-0.39, 0.29) is 29.6 Å². The number of alkyl halides is 2. The molecule has 0 aliphatic carbocycles. The van der Waals surface area contributed by atoms with Crippen molar-refractivity contribution in [1.82, 2.24) is 15.1 Å². The van der Waals surface area contributed by atoms with E-state index in [2.05, 4.69) is 20.4 Å². The summed E-state index contributed by atoms with van der Waals surface area (Å²) in [7, 11) is 0. The number of nitrogens with zero attached hydrogens (tertiary/aromatic N) is 4. The molecule has 0 bridgehead atoms. The smallest absolute Gasteiger partial charge is 0.266 e. The first-order valence-electron chi connectivity index (χ1n) is 11.4. The molecule has 5 rings (SSSR count). The van der Waals surface area contributed by atoms with E-state index in [1.165, 1.54) is 12.3 Å². The summed E-state index contributed by atoms with van der Waals surface area (Å²) in [6.07, 6.45) is -1.44. The van der Waals surface area contributed by atoms with Crippen LogP contribution in [-0.2, 0) is 16.1 Å². The second kappa shape index (κ2) is 9.57. The highest BCUT2D eigenvalue weighted by Crippen LogP contribution is 2.30. The minimum atomic E-state index is -2.96. The number of aromatic nitrogens is 2. The van der Waals surface area contributed by atoms with E-state index in [9.17, 15) is 18.0 Å². The van der Waals surface area contributed by atoms with Crippen molar-refractivity contribution in [2.24, 2.45) is 5.92 Å². The number of ether oxygens (including phenoxy) is 1. The van der Waals surface area contributed by atoms with Crippen LogP contribution in [0.2, 0.25) is 0 Å². The quantitative estimate of drug-likeness (QED) is 0.517. The molecule has 1 amide bonds. The topological polar surface area (TPSA) is 96.6 Å². The van der Waals surface area contributed by atoms with Gasteiger partial charge in [-0.05, 0) is 30.3 Å². The van der Waals surface area contributed by atoms with Crippen LogP contribution in [0.4, 0.5) is 30.2 Å². The second-order valence-corrected chi connectivity index (χ2v) is 8.74. The molecule has 2 aromatic carbocycles. The van der Waals surface area contributed by atoms with Crippen molar-refractivity contribution in [3.05, 3.63) is 53.5 Å². The highest BCUT2D eigenvalue weighted by atomic mass is 19.3. The second-order valence-electron chi connectivity index (χ2n) is 8.74. The Bertz CT molecular complexity index is 1250. The molecule has 8 nitrogen and oxygen atoms in total. The molecule has 2 aliphatic rings. The molecule has 2 saturated heterocycles. The van der Waals surface area contributed by atoms with Gasteiger partial charge in [-0.3, -0.25) is 4.79 Å². The Balaban J connectivity index is 1.32. The SMILES string of the molecule is Nc1cc(CNc2cnnc3ccc(N4CCN(C(=O)C5COC5)CC4)cc23)c(F)c(C(F)F)c1. The molecule has 1 aromatic heterocycles. The van der Waals surface area contributed by atoms with Gasteiger partial charge in [-0.25, -0.2) is 13.2 Å². The van der Waals surface area contributed by atoms with E-state index < -0.39 is 17.8 Å². The van der Waals surface area contributed by atoms with E-state index in [0.29, 0.717) is 50.6 Å². The Morgan fingerprint density at radius 1 is 1.17 bits per heavy atom. The third kappa shape index (κ3) is 4.68. The molecule has 3 aromatic rings. The molecule has 184 valence electrons. The number of piperazine rings is 1. The van der Waals surface area contributed by atoms with Crippen LogP contribution >= 0.6 is 0 Å². The number of anilines is 3. The van der Waals surface area contributed by atoms with Crippen LogP contribution in [0.3, 0.4) is 0 Å². The molecule has 11 heteroatoms. The van der Waals surface area contributed by atoms with Gasteiger partial charge in [-0.2, -0.15) is 10.2 Å². The summed E-state index contributed by atoms with van der Waals surface area (Å²) < 4.78 is 46.0. The third-order valence-electron chi connectivity index (χ3n) is 6.47. The molecule has 3 N–H and O–H groups in total. The monoisotopic (exact) mass is 486 g/mol. The standard InChI is InChI=1S/C24H25F3N6O2/c25-22-14(7-16(28)8-19(22)23(26)27)10-29-21-11-30-31-20-2-1-17(9-18(20)21)32-3-5-33(6-4-32)24(34)15-12-35-13-15/h1-2,7-9,11,15,23H,3-6,10,12-13,28H2,(H,29,31). The largest absolute Gasteiger partial charge is 0.399 e. The van der Waals surface area contributed by atoms with Crippen molar-refractivity contribution in [3.63, 3.8) is 0 Å². The molecule has 35 heavy (non-hydrogen) atoms. The fourth-order valence-electron chi connectivity index (χ4n) is 4.42. The molecule has 0 spiro atoms. The summed E-state index contributed by atoms with van der Waals surface area (Å²) in [5.41, 5.74) is 7.28. The first kappa shape index (κ1) is 23.2. The lowest BCUT2D eigenvalue weighted by atomic mass is 10.1. The van der Waals surface area contributed by atoms with Gasteiger partial charge in [0.05, 0.1) is 42.1 Å². The fourth-order valence-corrected chi connectivity index (χ4v) is 4.42. The number of benzene rings is 2. The van der Waals surface area contributed by atoms with Crippen LogP contribution in [0.15, 0.2) is 36.5 Å². The number of carbonyl (C=O) groups excluding carboxylic acids is 1. The van der Waals surface area contributed by atoms with E-state index >= 15 is 0 Å². The fraction of sp³-hybridized carbons (Fsp3) is 0.375. The molecule has 0 atom stereocenters. The molecule has 0 saturated carbocycles. The van der Waals surface area contributed by atoms with Crippen LogP contribution in [0.5, 0.6) is 0 Å². The number of halogens is 3. The molecular weight excluding hydrogens is 461 g/mol. The van der Waals surface area contributed by atoms with Gasteiger partial charge in [0, 0.05) is 55.0 Å². The number of fused-ring (bicyclic) bond motifs is 1. The van der Waals surface area contributed by atoms with E-state index in [1.807, 2.05) is 23.1 Å². The van der Waals surface area contributed by atoms with Crippen molar-refractivity contribution in [2.75, 3.05) is 55.3 Å². The van der Waals surface area contributed by atoms with Crippen LogP contribution in [0, 0.1) is 11.7 Å². The Morgan fingerprint density at radius 3 is 2.63 bits per heavy atom. The Labute approximate surface area is 199 Å². The summed E-state index contributed by atoms with van der Waals surface area (Å²) in [5, 5.41) is 12.0. The predicted molar refractivity (Wildman–Crippen MR) is 126 cm³/mol. The third-order valence-corrected chi connectivity index (χ3v) is 6.47. The number of rotatable bonds is 6. The maximum absolute atomic E-state index is 14.5. The number of amides is 1. The van der Waals surface area contributed by atoms with Crippen molar-refractivity contribution in [1.29, 1.82) is 0 Å². The van der Waals surface area contributed by atoms with Crippen molar-refractivity contribution in [3.8, 4) is 0 Å². The average molecular weight is 486 g/mol. The normalized spacial score (nSPS) is 16.6. The predicted octanol–water partition coefficient (Wildman–Crippen LogP) is 3.20. The Hall–Kier alpha value is -3.60. The van der Waals surface area contributed by atoms with E-state index in [0.717, 1.165) is 17.1 Å². The highest BCUT2D eigenvalue weighted by Gasteiger charge is 2.32. The number of carbonyl (C=O) groups is 1. The lowest BCUT2D eigenvalue weighted by Gasteiger charge is -2.39. The van der Waals surface area contributed by atoms with Gasteiger partial charge in [-0.1, -0.05) is 0 Å². The molecule has 2 fully saturated rings. The van der Waals surface area contributed by atoms with Crippen LogP contribution in [0.1, 0.15) is 17.6 Å². The molecule has 0 unspecified atom stereocenters. The molecule has 3 heterocycles. The van der Waals surface area contributed by atoms with Gasteiger partial charge >= 0.3 is 0 Å². The van der Waals surface area contributed by atoms with Crippen LogP contribution in [0.25, 0.3) is 10.9 Å². The minimum absolute atomic E-state index is 0.0176. The lowest BCUT2D eigenvalue weighted by Crippen LogP contribution is -2.53. The number of hydrogen-bond donors (Lipinski definition) is 2. The highest BCUT2D eigenvalue weighted by molar-refractivity contribution is 5.93. The summed E-state index contributed by atoms with van der Waals surface area (Å²) in [5.74, 6) is -0.842. The van der Waals surface area contributed by atoms with E-state index in [1.54, 1.807) is 0 Å². The summed E-state index contributed by atoms with van der Waals surface area (Å²) in [4.78, 5) is 16.5. The maximum Gasteiger partial charge on any atom is 0.266 e. The van der Waals surface area contributed by atoms with Crippen molar-refractivity contribution < 1.29 is 22.7 Å². The molecular formula is C24H25F3N6O2. The minimum Gasteiger partial charge on any atom is -0.399 e. The Kier molecular flexibility index (Phi) is 6.33. The van der Waals surface area contributed by atoms with Crippen molar-refractivity contribution in [2.45, 2.75) is 13.0 Å². The van der Waals surface area contributed by atoms with Crippen LogP contribution in [-0.4, -0.2) is 60.4 Å². The average Bonchev–Trinajstić information content (AvgIpc) is 2.82.